The molecule has 2 aromatic rings. The Balaban J connectivity index is 2.19. The van der Waals surface area contributed by atoms with Crippen molar-refractivity contribution in [1.82, 2.24) is 10.6 Å². The van der Waals surface area contributed by atoms with Crippen LogP contribution in [0.1, 0.15) is 29.8 Å². The molecule has 2 amide bonds. The second-order valence-electron chi connectivity index (χ2n) is 6.63. The minimum Gasteiger partial charge on any atom is -0.548 e. The molecule has 6 nitrogen and oxygen atoms in total. The summed E-state index contributed by atoms with van der Waals surface area (Å²) >= 11 is 0. The highest BCUT2D eigenvalue weighted by Gasteiger charge is 2.26. The Bertz CT molecular complexity index is 775. The molecule has 0 saturated carbocycles. The number of aliphatic carboxylic acids is 1. The van der Waals surface area contributed by atoms with Crippen LogP contribution in [0, 0.1) is 5.92 Å². The molecule has 142 valence electrons. The van der Waals surface area contributed by atoms with Crippen LogP contribution >= 0.6 is 0 Å². The number of nitrogens with one attached hydrogen (secondary N) is 2. The fraction of sp³-hybridized carbons (Fsp3) is 0.286. The number of benzene rings is 2. The zero-order valence-corrected chi connectivity index (χ0v) is 15.3. The quantitative estimate of drug-likeness (QED) is 0.725. The van der Waals surface area contributed by atoms with E-state index in [0.717, 1.165) is 5.56 Å². The van der Waals surface area contributed by atoms with E-state index in [1.807, 2.05) is 30.3 Å². The number of carbonyl (C=O) groups excluding carboxylic acids is 3. The summed E-state index contributed by atoms with van der Waals surface area (Å²) in [7, 11) is 0. The first-order valence-corrected chi connectivity index (χ1v) is 8.79. The standard InChI is InChI=1S/C21H24N2O4/c1-14(2)18(21(26)27)23-20(25)17(13-15-9-5-3-6-10-15)22-19(24)16-11-7-4-8-12-16/h3-12,14,17-18H,13H2,1-2H3,(H,22,24)(H,23,25)(H,26,27)/p-1/t17-,18+/m0/s1. The van der Waals surface area contributed by atoms with Crippen LogP contribution in [0.4, 0.5) is 0 Å². The number of carboxylic acid groups (broad SMARTS) is 1. The van der Waals surface area contributed by atoms with Gasteiger partial charge in [-0.2, -0.15) is 0 Å². The van der Waals surface area contributed by atoms with Gasteiger partial charge < -0.3 is 20.5 Å². The Morgan fingerprint density at radius 1 is 0.889 bits per heavy atom. The molecule has 6 heteroatoms. The lowest BCUT2D eigenvalue weighted by atomic mass is 10.0. The fourth-order valence-corrected chi connectivity index (χ4v) is 2.64. The fourth-order valence-electron chi connectivity index (χ4n) is 2.64. The molecule has 0 unspecified atom stereocenters. The molecule has 0 radical (unpaired) electrons. The predicted octanol–water partition coefficient (Wildman–Crippen LogP) is 0.918. The van der Waals surface area contributed by atoms with Crippen molar-refractivity contribution in [2.75, 3.05) is 0 Å². The lowest BCUT2D eigenvalue weighted by Gasteiger charge is -2.26. The molecule has 0 bridgehead atoms. The van der Waals surface area contributed by atoms with E-state index in [0.29, 0.717) is 5.56 Å². The first kappa shape index (κ1) is 20.2. The Kier molecular flexibility index (Phi) is 7.11. The van der Waals surface area contributed by atoms with Crippen LogP contribution in [0.5, 0.6) is 0 Å². The van der Waals surface area contributed by atoms with Crippen molar-refractivity contribution in [1.29, 1.82) is 0 Å². The summed E-state index contributed by atoms with van der Waals surface area (Å²) in [6.07, 6.45) is 0.239. The van der Waals surface area contributed by atoms with Gasteiger partial charge >= 0.3 is 0 Å². The molecule has 0 spiro atoms. The summed E-state index contributed by atoms with van der Waals surface area (Å²) < 4.78 is 0. The van der Waals surface area contributed by atoms with Crippen LogP contribution in [0.15, 0.2) is 60.7 Å². The van der Waals surface area contributed by atoms with Gasteiger partial charge in [-0.15, -0.1) is 0 Å². The number of hydrogen-bond acceptors (Lipinski definition) is 4. The van der Waals surface area contributed by atoms with Crippen LogP contribution in [0.3, 0.4) is 0 Å². The monoisotopic (exact) mass is 367 g/mol. The number of carboxylic acids is 1. The zero-order valence-electron chi connectivity index (χ0n) is 15.3. The van der Waals surface area contributed by atoms with Crippen LogP contribution in [-0.4, -0.2) is 29.9 Å². The van der Waals surface area contributed by atoms with Gasteiger partial charge in [0.15, 0.2) is 0 Å². The second kappa shape index (κ2) is 9.52. The number of rotatable bonds is 8. The van der Waals surface area contributed by atoms with Crippen molar-refractivity contribution >= 4 is 17.8 Å². The molecule has 27 heavy (non-hydrogen) atoms. The molecule has 0 aliphatic rings. The number of amides is 2. The van der Waals surface area contributed by atoms with Gasteiger partial charge in [-0.25, -0.2) is 0 Å². The van der Waals surface area contributed by atoms with Crippen molar-refractivity contribution in [3.8, 4) is 0 Å². The molecular weight excluding hydrogens is 344 g/mol. The highest BCUT2D eigenvalue weighted by atomic mass is 16.4. The summed E-state index contributed by atoms with van der Waals surface area (Å²) in [5, 5.41) is 16.5. The van der Waals surface area contributed by atoms with Gasteiger partial charge in [0.05, 0.1) is 12.0 Å². The maximum Gasteiger partial charge on any atom is 0.251 e. The van der Waals surface area contributed by atoms with Crippen molar-refractivity contribution in [3.05, 3.63) is 71.8 Å². The van der Waals surface area contributed by atoms with E-state index in [9.17, 15) is 19.5 Å². The summed E-state index contributed by atoms with van der Waals surface area (Å²) in [5.41, 5.74) is 1.27. The van der Waals surface area contributed by atoms with Crippen LogP contribution in [-0.2, 0) is 16.0 Å². The summed E-state index contributed by atoms with van der Waals surface area (Å²) in [5.74, 6) is -2.67. The minimum atomic E-state index is -1.36. The first-order chi connectivity index (χ1) is 12.9. The van der Waals surface area contributed by atoms with E-state index >= 15 is 0 Å². The normalized spacial score (nSPS) is 12.9. The number of carbonyl (C=O) groups is 3. The average Bonchev–Trinajstić information content (AvgIpc) is 2.66. The van der Waals surface area contributed by atoms with E-state index in [4.69, 9.17) is 0 Å². The van der Waals surface area contributed by atoms with E-state index in [2.05, 4.69) is 10.6 Å². The van der Waals surface area contributed by atoms with Crippen molar-refractivity contribution < 1.29 is 19.5 Å². The molecule has 2 atom stereocenters. The molecular formula is C21H23N2O4-. The van der Waals surface area contributed by atoms with Gasteiger partial charge in [0, 0.05) is 12.0 Å². The molecule has 2 rings (SSSR count). The smallest absolute Gasteiger partial charge is 0.251 e. The van der Waals surface area contributed by atoms with Crippen LogP contribution in [0.25, 0.3) is 0 Å². The molecule has 0 aromatic heterocycles. The maximum absolute atomic E-state index is 12.7. The Morgan fingerprint density at radius 2 is 1.44 bits per heavy atom. The molecule has 0 saturated heterocycles. The lowest BCUT2D eigenvalue weighted by Crippen LogP contribution is -2.56. The highest BCUT2D eigenvalue weighted by Crippen LogP contribution is 2.07. The van der Waals surface area contributed by atoms with Crippen LogP contribution < -0.4 is 15.7 Å². The summed E-state index contributed by atoms with van der Waals surface area (Å²) in [6.45, 7) is 3.35. The van der Waals surface area contributed by atoms with Gasteiger partial charge in [0.25, 0.3) is 5.91 Å². The summed E-state index contributed by atoms with van der Waals surface area (Å²) in [6, 6.07) is 15.7. The van der Waals surface area contributed by atoms with E-state index in [1.54, 1.807) is 44.2 Å². The van der Waals surface area contributed by atoms with Gasteiger partial charge in [-0.05, 0) is 23.6 Å². The highest BCUT2D eigenvalue weighted by molar-refractivity contribution is 5.98. The third-order valence-electron chi connectivity index (χ3n) is 4.16. The Hall–Kier alpha value is -3.15. The van der Waals surface area contributed by atoms with Crippen LogP contribution in [0.2, 0.25) is 0 Å². The van der Waals surface area contributed by atoms with Crippen molar-refractivity contribution in [2.24, 2.45) is 5.92 Å². The first-order valence-electron chi connectivity index (χ1n) is 8.79. The Labute approximate surface area is 158 Å². The number of hydrogen-bond donors (Lipinski definition) is 2. The molecule has 2 N–H and O–H groups in total. The average molecular weight is 367 g/mol. The molecule has 0 aliphatic heterocycles. The topological polar surface area (TPSA) is 98.3 Å². The van der Waals surface area contributed by atoms with Gasteiger partial charge in [0.1, 0.15) is 6.04 Å². The zero-order chi connectivity index (χ0) is 19.8. The maximum atomic E-state index is 12.7. The molecule has 0 aliphatic carbocycles. The van der Waals surface area contributed by atoms with Gasteiger partial charge in [-0.3, -0.25) is 9.59 Å². The molecule has 0 fully saturated rings. The third kappa shape index (κ3) is 5.95. The van der Waals surface area contributed by atoms with E-state index in [1.165, 1.54) is 0 Å². The molecule has 2 aromatic carbocycles. The largest absolute Gasteiger partial charge is 0.548 e. The van der Waals surface area contributed by atoms with Crippen molar-refractivity contribution in [2.45, 2.75) is 32.4 Å². The van der Waals surface area contributed by atoms with E-state index < -0.39 is 29.9 Å². The van der Waals surface area contributed by atoms with E-state index in [-0.39, 0.29) is 12.3 Å². The van der Waals surface area contributed by atoms with Gasteiger partial charge in [0.2, 0.25) is 5.91 Å². The van der Waals surface area contributed by atoms with Crippen molar-refractivity contribution in [3.63, 3.8) is 0 Å². The lowest BCUT2D eigenvalue weighted by molar-refractivity contribution is -0.309. The minimum absolute atomic E-state index is 0.239. The SMILES string of the molecule is CC(C)[C@@H](NC(=O)[C@H](Cc1ccccc1)NC(=O)c1ccccc1)C(=O)[O-]. The Morgan fingerprint density at radius 3 is 1.96 bits per heavy atom. The second-order valence-corrected chi connectivity index (χ2v) is 6.63. The third-order valence-corrected chi connectivity index (χ3v) is 4.16. The molecule has 0 heterocycles. The summed E-state index contributed by atoms with van der Waals surface area (Å²) in [4.78, 5) is 36.5. The van der Waals surface area contributed by atoms with Gasteiger partial charge in [-0.1, -0.05) is 62.4 Å². The predicted molar refractivity (Wildman–Crippen MR) is 99.6 cm³/mol.